The van der Waals surface area contributed by atoms with Gasteiger partial charge in [-0.3, -0.25) is 0 Å². The van der Waals surface area contributed by atoms with Gasteiger partial charge in [-0.25, -0.2) is 9.59 Å². The van der Waals surface area contributed by atoms with Crippen LogP contribution in [-0.4, -0.2) is 29.0 Å². The number of anilines is 1. The van der Waals surface area contributed by atoms with Crippen molar-refractivity contribution in [2.45, 2.75) is 23.7 Å². The largest absolute Gasteiger partial charge is 0.480 e. The molecule has 0 aromatic heterocycles. The van der Waals surface area contributed by atoms with E-state index in [0.717, 1.165) is 35.5 Å². The first-order valence-corrected chi connectivity index (χ1v) is 8.95. The zero-order valence-electron chi connectivity index (χ0n) is 14.4. The Morgan fingerprint density at radius 1 is 1.18 bits per heavy atom. The predicted molar refractivity (Wildman–Crippen MR) is 97.8 cm³/mol. The fraction of sp³-hybridized carbons (Fsp3) is 0.222. The molecule has 150 valence electrons. The maximum Gasteiger partial charge on any atom is 0.416 e. The van der Waals surface area contributed by atoms with Crippen LogP contribution in [0.5, 0.6) is 0 Å². The minimum Gasteiger partial charge on any atom is -0.480 e. The van der Waals surface area contributed by atoms with Gasteiger partial charge in [0.05, 0.1) is 5.56 Å². The van der Waals surface area contributed by atoms with Gasteiger partial charge in [0.15, 0.2) is 0 Å². The maximum absolute atomic E-state index is 12.7. The number of hydrogen-bond acceptors (Lipinski definition) is 5. The third-order valence-corrected chi connectivity index (χ3v) is 4.73. The summed E-state index contributed by atoms with van der Waals surface area (Å²) in [5, 5.41) is 11.5. The summed E-state index contributed by atoms with van der Waals surface area (Å²) in [4.78, 5) is 23.4. The SMILES string of the molecule is Nc1cc(C(F)(F)F)ccc1SC[C@H](NC(=O)OCc1ccccc1)C(=O)O. The fourth-order valence-corrected chi connectivity index (χ4v) is 3.07. The summed E-state index contributed by atoms with van der Waals surface area (Å²) in [6.45, 7) is -0.0298. The molecule has 0 saturated heterocycles. The van der Waals surface area contributed by atoms with Crippen molar-refractivity contribution < 1.29 is 32.6 Å². The molecule has 0 bridgehead atoms. The van der Waals surface area contributed by atoms with E-state index < -0.39 is 29.8 Å². The minimum absolute atomic E-state index is 0.0298. The van der Waals surface area contributed by atoms with Crippen LogP contribution in [-0.2, 0) is 22.3 Å². The van der Waals surface area contributed by atoms with Crippen molar-refractivity contribution in [3.8, 4) is 0 Å². The molecule has 2 aromatic rings. The second-order valence-electron chi connectivity index (χ2n) is 5.66. The van der Waals surface area contributed by atoms with Crippen LogP contribution >= 0.6 is 11.8 Å². The third kappa shape index (κ3) is 6.38. The quantitative estimate of drug-likeness (QED) is 0.471. The van der Waals surface area contributed by atoms with Gasteiger partial charge in [-0.1, -0.05) is 30.3 Å². The van der Waals surface area contributed by atoms with Gasteiger partial charge >= 0.3 is 18.2 Å². The number of benzene rings is 2. The van der Waals surface area contributed by atoms with Crippen LogP contribution in [0.2, 0.25) is 0 Å². The van der Waals surface area contributed by atoms with Crippen LogP contribution in [0.15, 0.2) is 53.4 Å². The fourth-order valence-electron chi connectivity index (χ4n) is 2.11. The first kappa shape index (κ1) is 21.4. The van der Waals surface area contributed by atoms with Crippen LogP contribution in [0.1, 0.15) is 11.1 Å². The second-order valence-corrected chi connectivity index (χ2v) is 6.72. The molecule has 1 amide bonds. The molecule has 4 N–H and O–H groups in total. The molecule has 10 heteroatoms. The zero-order chi connectivity index (χ0) is 20.7. The first-order valence-electron chi connectivity index (χ1n) is 7.96. The molecule has 0 aliphatic rings. The van der Waals surface area contributed by atoms with Crippen molar-refractivity contribution >= 4 is 29.5 Å². The van der Waals surface area contributed by atoms with E-state index in [2.05, 4.69) is 5.32 Å². The lowest BCUT2D eigenvalue weighted by Gasteiger charge is -2.15. The van der Waals surface area contributed by atoms with E-state index in [1.165, 1.54) is 0 Å². The average Bonchev–Trinajstić information content (AvgIpc) is 2.64. The number of amides is 1. The summed E-state index contributed by atoms with van der Waals surface area (Å²) in [6.07, 6.45) is -5.44. The lowest BCUT2D eigenvalue weighted by atomic mass is 10.2. The highest BCUT2D eigenvalue weighted by Gasteiger charge is 2.31. The van der Waals surface area contributed by atoms with Crippen LogP contribution in [0.4, 0.5) is 23.7 Å². The molecule has 0 heterocycles. The van der Waals surface area contributed by atoms with E-state index in [4.69, 9.17) is 10.5 Å². The van der Waals surface area contributed by atoms with Crippen molar-refractivity contribution in [1.29, 1.82) is 0 Å². The number of nitrogens with one attached hydrogen (secondary N) is 1. The number of carboxylic acids is 1. The summed E-state index contributed by atoms with van der Waals surface area (Å²) in [5.41, 5.74) is 5.32. The van der Waals surface area contributed by atoms with Crippen molar-refractivity contribution in [3.63, 3.8) is 0 Å². The summed E-state index contributed by atoms with van der Waals surface area (Å²) in [7, 11) is 0. The number of hydrogen-bond donors (Lipinski definition) is 3. The topological polar surface area (TPSA) is 102 Å². The summed E-state index contributed by atoms with van der Waals surface area (Å²) >= 11 is 0.916. The number of alkyl carbamates (subject to hydrolysis) is 1. The number of thioether (sulfide) groups is 1. The summed E-state index contributed by atoms with van der Waals surface area (Å²) in [5.74, 6) is -1.46. The van der Waals surface area contributed by atoms with E-state index in [0.29, 0.717) is 0 Å². The molecule has 2 aromatic carbocycles. The van der Waals surface area contributed by atoms with E-state index in [1.807, 2.05) is 0 Å². The Hall–Kier alpha value is -2.88. The molecule has 0 spiro atoms. The summed E-state index contributed by atoms with van der Waals surface area (Å²) < 4.78 is 42.9. The van der Waals surface area contributed by atoms with Gasteiger partial charge in [0, 0.05) is 16.3 Å². The molecule has 0 radical (unpaired) electrons. The van der Waals surface area contributed by atoms with Crippen molar-refractivity contribution in [3.05, 3.63) is 59.7 Å². The van der Waals surface area contributed by atoms with Gasteiger partial charge in [0.2, 0.25) is 0 Å². The van der Waals surface area contributed by atoms with Gasteiger partial charge in [0.25, 0.3) is 0 Å². The number of carbonyl (C=O) groups excluding carboxylic acids is 1. The number of nitrogen functional groups attached to an aromatic ring is 1. The molecule has 0 fully saturated rings. The lowest BCUT2D eigenvalue weighted by Crippen LogP contribution is -2.42. The normalized spacial score (nSPS) is 12.2. The minimum atomic E-state index is -4.52. The van der Waals surface area contributed by atoms with Crippen molar-refractivity contribution in [2.75, 3.05) is 11.5 Å². The van der Waals surface area contributed by atoms with E-state index >= 15 is 0 Å². The number of carbonyl (C=O) groups is 2. The van der Waals surface area contributed by atoms with E-state index in [-0.39, 0.29) is 22.9 Å². The smallest absolute Gasteiger partial charge is 0.416 e. The Labute approximate surface area is 162 Å². The number of rotatable bonds is 7. The Balaban J connectivity index is 1.92. The number of nitrogens with two attached hydrogens (primary N) is 1. The Morgan fingerprint density at radius 2 is 1.86 bits per heavy atom. The Bertz CT molecular complexity index is 831. The summed E-state index contributed by atoms with van der Waals surface area (Å²) in [6, 6.07) is 10.3. The number of halogens is 3. The first-order chi connectivity index (χ1) is 13.2. The Morgan fingerprint density at radius 3 is 2.43 bits per heavy atom. The molecule has 0 saturated carbocycles. The van der Waals surface area contributed by atoms with Crippen molar-refractivity contribution in [2.24, 2.45) is 0 Å². The van der Waals surface area contributed by atoms with E-state index in [9.17, 15) is 27.9 Å². The number of carboxylic acid groups (broad SMARTS) is 1. The highest BCUT2D eigenvalue weighted by molar-refractivity contribution is 7.99. The molecule has 0 aliphatic carbocycles. The van der Waals surface area contributed by atoms with E-state index in [1.54, 1.807) is 30.3 Å². The molecule has 0 unspecified atom stereocenters. The number of alkyl halides is 3. The van der Waals surface area contributed by atoms with Crippen LogP contribution in [0.3, 0.4) is 0 Å². The molecule has 1 atom stereocenters. The molecule has 0 aliphatic heterocycles. The van der Waals surface area contributed by atoms with Gasteiger partial charge in [-0.05, 0) is 23.8 Å². The molecule has 2 rings (SSSR count). The third-order valence-electron chi connectivity index (χ3n) is 3.55. The molecular formula is C18H17F3N2O4S. The molecular weight excluding hydrogens is 397 g/mol. The van der Waals surface area contributed by atoms with Gasteiger partial charge in [-0.2, -0.15) is 13.2 Å². The van der Waals surface area contributed by atoms with Crippen LogP contribution in [0, 0.1) is 0 Å². The van der Waals surface area contributed by atoms with Crippen molar-refractivity contribution in [1.82, 2.24) is 5.32 Å². The second kappa shape index (κ2) is 9.36. The standard InChI is InChI=1S/C18H17F3N2O4S/c19-18(20,21)12-6-7-15(13(22)8-12)28-10-14(16(24)25)23-17(26)27-9-11-4-2-1-3-5-11/h1-8,14H,9-10,22H2,(H,23,26)(H,24,25)/t14-/m0/s1. The predicted octanol–water partition coefficient (Wildman–Crippen LogP) is 3.76. The highest BCUT2D eigenvalue weighted by Crippen LogP contribution is 2.34. The van der Waals surface area contributed by atoms with Gasteiger partial charge < -0.3 is 20.9 Å². The monoisotopic (exact) mass is 414 g/mol. The van der Waals surface area contributed by atoms with Gasteiger partial charge in [-0.15, -0.1) is 11.8 Å². The van der Waals surface area contributed by atoms with Gasteiger partial charge in [0.1, 0.15) is 12.6 Å². The molecule has 6 nitrogen and oxygen atoms in total. The zero-order valence-corrected chi connectivity index (χ0v) is 15.2. The average molecular weight is 414 g/mol. The molecule has 28 heavy (non-hydrogen) atoms. The highest BCUT2D eigenvalue weighted by atomic mass is 32.2. The number of aliphatic carboxylic acids is 1. The van der Waals surface area contributed by atoms with Crippen LogP contribution < -0.4 is 11.1 Å². The lowest BCUT2D eigenvalue weighted by molar-refractivity contribution is -0.139. The van der Waals surface area contributed by atoms with Crippen LogP contribution in [0.25, 0.3) is 0 Å². The number of ether oxygens (including phenoxy) is 1. The Kier molecular flexibility index (Phi) is 7.16. The maximum atomic E-state index is 12.7.